The number of aromatic hydroxyl groups is 1. The Morgan fingerprint density at radius 2 is 1.78 bits per heavy atom. The molecule has 0 saturated heterocycles. The number of para-hydroxylation sites is 1. The number of carbonyl (C=O) groups is 2. The third-order valence-corrected chi connectivity index (χ3v) is 6.70. The number of rotatable bonds is 4. The molecule has 2 aromatic carbocycles. The van der Waals surface area contributed by atoms with Crippen LogP contribution in [-0.2, 0) is 4.79 Å². The van der Waals surface area contributed by atoms with Crippen molar-refractivity contribution in [1.29, 1.82) is 0 Å². The zero-order valence-electron chi connectivity index (χ0n) is 17.3. The van der Waals surface area contributed by atoms with Crippen molar-refractivity contribution in [1.82, 2.24) is 4.90 Å². The van der Waals surface area contributed by atoms with Crippen LogP contribution in [0.25, 0.3) is 11.0 Å². The molecule has 0 spiro atoms. The molecule has 1 fully saturated rings. The molecule has 1 saturated carbocycles. The quantitative estimate of drug-likeness (QED) is 0.496. The van der Waals surface area contributed by atoms with Gasteiger partial charge < -0.3 is 19.5 Å². The summed E-state index contributed by atoms with van der Waals surface area (Å²) in [5.74, 6) is -1.71. The minimum atomic E-state index is -0.815. The van der Waals surface area contributed by atoms with Gasteiger partial charge in [-0.3, -0.25) is 9.59 Å². The molecule has 1 atom stereocenters. The van der Waals surface area contributed by atoms with Gasteiger partial charge in [-0.25, -0.2) is 0 Å². The zero-order chi connectivity index (χ0) is 22.4. The Morgan fingerprint density at radius 3 is 2.50 bits per heavy atom. The summed E-state index contributed by atoms with van der Waals surface area (Å²) in [7, 11) is 0. The van der Waals surface area contributed by atoms with E-state index in [0.29, 0.717) is 11.1 Å². The number of carbonyl (C=O) groups excluding carboxylic acids is 2. The lowest BCUT2D eigenvalue weighted by molar-refractivity contribution is -0.132. The fourth-order valence-electron chi connectivity index (χ4n) is 4.84. The zero-order valence-corrected chi connectivity index (χ0v) is 18.0. The van der Waals surface area contributed by atoms with E-state index < -0.39 is 23.5 Å². The van der Waals surface area contributed by atoms with Crippen molar-refractivity contribution in [2.45, 2.75) is 44.2 Å². The van der Waals surface area contributed by atoms with Gasteiger partial charge in [-0.1, -0.05) is 55.1 Å². The van der Waals surface area contributed by atoms with Gasteiger partial charge in [-0.05, 0) is 42.7 Å². The average molecular weight is 452 g/mol. The molecular formula is C25H22ClNO5. The highest BCUT2D eigenvalue weighted by Crippen LogP contribution is 2.44. The van der Waals surface area contributed by atoms with E-state index in [1.54, 1.807) is 23.1 Å². The molecule has 3 aromatic rings. The number of fused-ring (bicyclic) bond motifs is 1. The number of nitrogens with zero attached hydrogens (tertiary/aromatic N) is 1. The van der Waals surface area contributed by atoms with Gasteiger partial charge in [-0.15, -0.1) is 0 Å². The molecule has 32 heavy (non-hydrogen) atoms. The van der Waals surface area contributed by atoms with Gasteiger partial charge in [0, 0.05) is 11.4 Å². The maximum Gasteiger partial charge on any atom is 0.290 e. The van der Waals surface area contributed by atoms with E-state index in [2.05, 4.69) is 0 Å². The lowest BCUT2D eigenvalue weighted by Gasteiger charge is -2.36. The van der Waals surface area contributed by atoms with E-state index in [1.807, 2.05) is 18.2 Å². The van der Waals surface area contributed by atoms with Crippen molar-refractivity contribution in [3.63, 3.8) is 0 Å². The second-order valence-corrected chi connectivity index (χ2v) is 8.76. The van der Waals surface area contributed by atoms with E-state index in [4.69, 9.17) is 16.0 Å². The molecule has 5 rings (SSSR count). The number of hydrogen-bond donors (Lipinski definition) is 2. The first-order valence-corrected chi connectivity index (χ1v) is 11.1. The van der Waals surface area contributed by atoms with Crippen LogP contribution in [0, 0.1) is 0 Å². The van der Waals surface area contributed by atoms with Crippen molar-refractivity contribution in [3.05, 3.63) is 76.2 Å². The van der Waals surface area contributed by atoms with Crippen LogP contribution in [0.15, 0.2) is 64.3 Å². The summed E-state index contributed by atoms with van der Waals surface area (Å²) in [6.07, 6.45) is 4.65. The molecular weight excluding hydrogens is 430 g/mol. The van der Waals surface area contributed by atoms with Crippen molar-refractivity contribution < 1.29 is 24.2 Å². The molecule has 0 bridgehead atoms. The van der Waals surface area contributed by atoms with Crippen LogP contribution < -0.4 is 0 Å². The maximum atomic E-state index is 13.6. The number of phenols is 1. The molecule has 2 N–H and O–H groups in total. The first-order valence-electron chi connectivity index (χ1n) is 10.7. The Bertz CT molecular complexity index is 1220. The molecule has 0 radical (unpaired) electrons. The molecule has 1 amide bonds. The summed E-state index contributed by atoms with van der Waals surface area (Å²) in [5, 5.41) is 21.6. The smallest absolute Gasteiger partial charge is 0.290 e. The van der Waals surface area contributed by atoms with Crippen molar-refractivity contribution in [2.24, 2.45) is 0 Å². The fourth-order valence-corrected chi connectivity index (χ4v) is 5.03. The molecule has 1 unspecified atom stereocenters. The number of phenolic OH excluding ortho intramolecular Hbond substituents is 1. The first kappa shape index (κ1) is 20.6. The monoisotopic (exact) mass is 451 g/mol. The molecule has 6 nitrogen and oxygen atoms in total. The number of hydrogen-bond acceptors (Lipinski definition) is 5. The number of amides is 1. The number of ketones is 1. The number of benzene rings is 2. The van der Waals surface area contributed by atoms with Gasteiger partial charge in [0.2, 0.25) is 5.78 Å². The predicted octanol–water partition coefficient (Wildman–Crippen LogP) is 5.70. The van der Waals surface area contributed by atoms with Gasteiger partial charge in [0.15, 0.2) is 11.5 Å². The number of aliphatic hydroxyl groups is 1. The Labute approximate surface area is 189 Å². The second-order valence-electron chi connectivity index (χ2n) is 8.36. The van der Waals surface area contributed by atoms with Gasteiger partial charge >= 0.3 is 0 Å². The summed E-state index contributed by atoms with van der Waals surface area (Å²) in [4.78, 5) is 28.4. The van der Waals surface area contributed by atoms with Gasteiger partial charge in [-0.2, -0.15) is 0 Å². The summed E-state index contributed by atoms with van der Waals surface area (Å²) in [5.41, 5.74) is 1.07. The van der Waals surface area contributed by atoms with Crippen molar-refractivity contribution in [3.8, 4) is 5.75 Å². The largest absolute Gasteiger partial charge is 0.506 e. The Kier molecular flexibility index (Phi) is 5.18. The Hall–Kier alpha value is -3.25. The number of aliphatic hydroxyl groups excluding tert-OH is 1. The predicted molar refractivity (Wildman–Crippen MR) is 120 cm³/mol. The minimum Gasteiger partial charge on any atom is -0.506 e. The van der Waals surface area contributed by atoms with Crippen molar-refractivity contribution in [2.75, 3.05) is 0 Å². The van der Waals surface area contributed by atoms with Crippen LogP contribution in [-0.4, -0.2) is 32.8 Å². The summed E-state index contributed by atoms with van der Waals surface area (Å²) in [6.45, 7) is 0. The lowest BCUT2D eigenvalue weighted by Crippen LogP contribution is -2.41. The maximum absolute atomic E-state index is 13.6. The topological polar surface area (TPSA) is 91.0 Å². The molecule has 1 aliphatic carbocycles. The molecule has 7 heteroatoms. The summed E-state index contributed by atoms with van der Waals surface area (Å²) < 4.78 is 5.74. The third kappa shape index (κ3) is 3.35. The minimum absolute atomic E-state index is 0.0265. The van der Waals surface area contributed by atoms with E-state index in [9.17, 15) is 19.8 Å². The van der Waals surface area contributed by atoms with Crippen LogP contribution in [0.5, 0.6) is 5.75 Å². The highest BCUT2D eigenvalue weighted by atomic mass is 35.5. The SMILES string of the molecule is O=C(C1=C(O)C(=O)N(C2CCCCC2)C1c1ccc(O)c(Cl)c1)c1cc2ccccc2o1. The first-order chi connectivity index (χ1) is 15.5. The summed E-state index contributed by atoms with van der Waals surface area (Å²) in [6, 6.07) is 12.5. The molecule has 164 valence electrons. The molecule has 1 aliphatic heterocycles. The van der Waals surface area contributed by atoms with E-state index in [-0.39, 0.29) is 28.1 Å². The molecule has 2 aliphatic rings. The molecule has 1 aromatic heterocycles. The van der Waals surface area contributed by atoms with Crippen LogP contribution in [0.4, 0.5) is 0 Å². The van der Waals surface area contributed by atoms with Crippen LogP contribution in [0.1, 0.15) is 54.3 Å². The highest BCUT2D eigenvalue weighted by Gasteiger charge is 2.47. The fraction of sp³-hybridized carbons (Fsp3) is 0.280. The van der Waals surface area contributed by atoms with Gasteiger partial charge in [0.05, 0.1) is 16.6 Å². The third-order valence-electron chi connectivity index (χ3n) is 6.39. The second kappa shape index (κ2) is 8.02. The van der Waals surface area contributed by atoms with Crippen molar-refractivity contribution >= 4 is 34.3 Å². The number of furan rings is 1. The average Bonchev–Trinajstić information content (AvgIpc) is 3.35. The van der Waals surface area contributed by atoms with Crippen LogP contribution >= 0.6 is 11.6 Å². The lowest BCUT2D eigenvalue weighted by atomic mass is 9.90. The highest BCUT2D eigenvalue weighted by molar-refractivity contribution is 6.32. The Morgan fingerprint density at radius 1 is 1.03 bits per heavy atom. The Balaban J connectivity index is 1.62. The van der Waals surface area contributed by atoms with E-state index >= 15 is 0 Å². The van der Waals surface area contributed by atoms with E-state index in [0.717, 1.165) is 37.5 Å². The van der Waals surface area contributed by atoms with Gasteiger partial charge in [0.1, 0.15) is 11.3 Å². The van der Waals surface area contributed by atoms with Crippen LogP contribution in [0.3, 0.4) is 0 Å². The van der Waals surface area contributed by atoms with Gasteiger partial charge in [0.25, 0.3) is 5.91 Å². The van der Waals surface area contributed by atoms with Crippen LogP contribution in [0.2, 0.25) is 5.02 Å². The standard InChI is InChI=1S/C25H22ClNO5/c26-17-12-15(10-11-18(17)28)22-21(23(29)20-13-14-6-4-5-9-19(14)32-20)24(30)25(31)27(22)16-7-2-1-3-8-16/h4-6,9-13,16,22,28,30H,1-3,7-8H2. The summed E-state index contributed by atoms with van der Waals surface area (Å²) >= 11 is 6.16. The normalized spacial score (nSPS) is 19.8. The molecule has 2 heterocycles. The van der Waals surface area contributed by atoms with E-state index in [1.165, 1.54) is 12.1 Å². The number of Topliss-reactive ketones (excluding diaryl/α,β-unsaturated/α-hetero) is 1. The number of halogens is 1.